The summed E-state index contributed by atoms with van der Waals surface area (Å²) in [6.07, 6.45) is 5.85. The molecule has 0 unspecified atom stereocenters. The van der Waals surface area contributed by atoms with Crippen LogP contribution in [0.1, 0.15) is 5.56 Å². The van der Waals surface area contributed by atoms with Crippen LogP contribution in [0.5, 0.6) is 0 Å². The lowest BCUT2D eigenvalue weighted by Crippen LogP contribution is -1.91. The lowest BCUT2D eigenvalue weighted by atomic mass is 10.1. The van der Waals surface area contributed by atoms with Gasteiger partial charge in [-0.1, -0.05) is 29.8 Å². The third-order valence-electron chi connectivity index (χ3n) is 2.41. The van der Waals surface area contributed by atoms with Gasteiger partial charge in [-0.15, -0.1) is 0 Å². The van der Waals surface area contributed by atoms with Gasteiger partial charge in [0.25, 0.3) is 0 Å². The number of aryl methyl sites for hydroxylation is 1. The predicted molar refractivity (Wildman–Crippen MR) is 66.0 cm³/mol. The molecule has 78 valence electrons. The summed E-state index contributed by atoms with van der Waals surface area (Å²) in [7, 11) is 1.99. The second-order valence-electron chi connectivity index (χ2n) is 3.50. The van der Waals surface area contributed by atoms with Crippen molar-refractivity contribution in [2.45, 2.75) is 0 Å². The highest BCUT2D eigenvalue weighted by molar-refractivity contribution is 6.35. The molecule has 0 radical (unpaired) electrons. The Morgan fingerprint density at radius 3 is 3.00 bits per heavy atom. The van der Waals surface area contributed by atoms with Gasteiger partial charge in [-0.05, 0) is 17.7 Å². The van der Waals surface area contributed by atoms with E-state index >= 15 is 0 Å². The Morgan fingerprint density at radius 1 is 1.47 bits per heavy atom. The number of hydrogen-bond donors (Lipinski definition) is 1. The number of nitrogens with zero attached hydrogens (tertiary/aromatic N) is 1. The quantitative estimate of drug-likeness (QED) is 0.829. The molecule has 1 heterocycles. The van der Waals surface area contributed by atoms with Crippen LogP contribution in [0.3, 0.4) is 0 Å². The highest BCUT2D eigenvalue weighted by Gasteiger charge is 2.03. The molecule has 2 nitrogen and oxygen atoms in total. The lowest BCUT2D eigenvalue weighted by Gasteiger charge is -1.97. The van der Waals surface area contributed by atoms with Crippen molar-refractivity contribution >= 4 is 28.6 Å². The van der Waals surface area contributed by atoms with Gasteiger partial charge in [0.15, 0.2) is 0 Å². The molecule has 0 aliphatic heterocycles. The molecule has 2 N–H and O–H groups in total. The first kappa shape index (κ1) is 10.3. The van der Waals surface area contributed by atoms with Gasteiger partial charge in [0, 0.05) is 30.7 Å². The van der Waals surface area contributed by atoms with E-state index in [0.717, 1.165) is 21.5 Å². The molecular formula is C12H13ClN2. The molecule has 0 fully saturated rings. The fourth-order valence-electron chi connectivity index (χ4n) is 1.67. The smallest absolute Gasteiger partial charge is 0.0661 e. The van der Waals surface area contributed by atoms with Crippen LogP contribution in [-0.2, 0) is 7.05 Å². The summed E-state index contributed by atoms with van der Waals surface area (Å²) in [5, 5.41) is 1.87. The molecular weight excluding hydrogens is 208 g/mol. The molecule has 0 atom stereocenters. The molecule has 2 aromatic rings. The third kappa shape index (κ3) is 1.91. The van der Waals surface area contributed by atoms with Gasteiger partial charge in [-0.3, -0.25) is 0 Å². The van der Waals surface area contributed by atoms with Crippen molar-refractivity contribution in [2.75, 3.05) is 6.54 Å². The number of hydrogen-bond acceptors (Lipinski definition) is 1. The first-order valence-electron chi connectivity index (χ1n) is 4.83. The highest BCUT2D eigenvalue weighted by Crippen LogP contribution is 2.26. The maximum absolute atomic E-state index is 6.11. The summed E-state index contributed by atoms with van der Waals surface area (Å²) in [6, 6.07) is 6.20. The summed E-state index contributed by atoms with van der Waals surface area (Å²) in [5.74, 6) is 0. The Hall–Kier alpha value is -1.25. The molecule has 0 spiro atoms. The minimum Gasteiger partial charge on any atom is -0.349 e. The van der Waals surface area contributed by atoms with Crippen LogP contribution in [0.15, 0.2) is 30.5 Å². The molecule has 15 heavy (non-hydrogen) atoms. The fraction of sp³-hybridized carbons (Fsp3) is 0.167. The van der Waals surface area contributed by atoms with E-state index in [9.17, 15) is 0 Å². The molecule has 1 aromatic heterocycles. The minimum atomic E-state index is 0.556. The maximum Gasteiger partial charge on any atom is 0.0661 e. The van der Waals surface area contributed by atoms with Crippen molar-refractivity contribution in [3.05, 3.63) is 41.1 Å². The van der Waals surface area contributed by atoms with E-state index in [2.05, 4.69) is 18.2 Å². The molecule has 0 aliphatic rings. The van der Waals surface area contributed by atoms with Crippen molar-refractivity contribution in [1.29, 1.82) is 0 Å². The van der Waals surface area contributed by atoms with E-state index < -0.39 is 0 Å². The summed E-state index contributed by atoms with van der Waals surface area (Å²) in [4.78, 5) is 0. The first-order chi connectivity index (χ1) is 7.22. The third-order valence-corrected chi connectivity index (χ3v) is 2.71. The van der Waals surface area contributed by atoms with Crippen LogP contribution < -0.4 is 5.73 Å². The van der Waals surface area contributed by atoms with E-state index in [-0.39, 0.29) is 0 Å². The van der Waals surface area contributed by atoms with E-state index in [1.54, 1.807) is 0 Å². The highest BCUT2D eigenvalue weighted by atomic mass is 35.5. The van der Waals surface area contributed by atoms with E-state index in [1.807, 2.05) is 30.0 Å². The van der Waals surface area contributed by atoms with Crippen LogP contribution in [0, 0.1) is 0 Å². The Kier molecular flexibility index (Phi) is 2.80. The average molecular weight is 221 g/mol. The van der Waals surface area contributed by atoms with Gasteiger partial charge in [-0.2, -0.15) is 0 Å². The van der Waals surface area contributed by atoms with Gasteiger partial charge in [-0.25, -0.2) is 0 Å². The van der Waals surface area contributed by atoms with Crippen molar-refractivity contribution < 1.29 is 0 Å². The van der Waals surface area contributed by atoms with Gasteiger partial charge >= 0.3 is 0 Å². The number of halogens is 1. The molecule has 0 bridgehead atoms. The number of aromatic nitrogens is 1. The van der Waals surface area contributed by atoms with E-state index in [0.29, 0.717) is 6.54 Å². The maximum atomic E-state index is 6.11. The zero-order chi connectivity index (χ0) is 10.8. The SMILES string of the molecule is Cn1cc(Cl)c2cc(/C=C/CN)ccc21. The largest absolute Gasteiger partial charge is 0.349 e. The van der Waals surface area contributed by atoms with Gasteiger partial charge in [0.2, 0.25) is 0 Å². The number of fused-ring (bicyclic) bond motifs is 1. The summed E-state index contributed by atoms with van der Waals surface area (Å²) in [5.41, 5.74) is 7.68. The van der Waals surface area contributed by atoms with Crippen molar-refractivity contribution in [3.63, 3.8) is 0 Å². The fourth-order valence-corrected chi connectivity index (χ4v) is 1.97. The second kappa shape index (κ2) is 4.09. The van der Waals surface area contributed by atoms with Crippen LogP contribution in [0.2, 0.25) is 5.02 Å². The molecule has 0 saturated heterocycles. The molecule has 2 rings (SSSR count). The summed E-state index contributed by atoms with van der Waals surface area (Å²) < 4.78 is 2.02. The second-order valence-corrected chi connectivity index (χ2v) is 3.91. The zero-order valence-corrected chi connectivity index (χ0v) is 9.33. The minimum absolute atomic E-state index is 0.556. The standard InChI is InChI=1S/C12H13ClN2/c1-15-8-11(13)10-7-9(3-2-6-14)4-5-12(10)15/h2-5,7-8H,6,14H2,1H3/b3-2+. The molecule has 0 amide bonds. The molecule has 3 heteroatoms. The number of benzene rings is 1. The van der Waals surface area contributed by atoms with Crippen LogP contribution in [0.25, 0.3) is 17.0 Å². The molecule has 0 saturated carbocycles. The van der Waals surface area contributed by atoms with Crippen molar-refractivity contribution in [1.82, 2.24) is 4.57 Å². The zero-order valence-electron chi connectivity index (χ0n) is 8.57. The van der Waals surface area contributed by atoms with Crippen LogP contribution in [0.4, 0.5) is 0 Å². The van der Waals surface area contributed by atoms with Gasteiger partial charge in [0.1, 0.15) is 0 Å². The number of rotatable bonds is 2. The number of nitrogens with two attached hydrogens (primary N) is 1. The van der Waals surface area contributed by atoms with Gasteiger partial charge < -0.3 is 10.3 Å². The molecule has 0 aliphatic carbocycles. The Balaban J connectivity index is 2.55. The average Bonchev–Trinajstić information content (AvgIpc) is 2.52. The normalized spacial score (nSPS) is 11.7. The van der Waals surface area contributed by atoms with E-state index in [4.69, 9.17) is 17.3 Å². The monoisotopic (exact) mass is 220 g/mol. The molecule has 1 aromatic carbocycles. The summed E-state index contributed by atoms with van der Waals surface area (Å²) in [6.45, 7) is 0.556. The Labute approximate surface area is 93.9 Å². The topological polar surface area (TPSA) is 30.9 Å². The van der Waals surface area contributed by atoms with Crippen LogP contribution >= 0.6 is 11.6 Å². The Morgan fingerprint density at radius 2 is 2.27 bits per heavy atom. The van der Waals surface area contributed by atoms with Crippen molar-refractivity contribution in [2.24, 2.45) is 12.8 Å². The summed E-state index contributed by atoms with van der Waals surface area (Å²) >= 11 is 6.11. The van der Waals surface area contributed by atoms with Gasteiger partial charge in [0.05, 0.1) is 5.02 Å². The van der Waals surface area contributed by atoms with Crippen LogP contribution in [-0.4, -0.2) is 11.1 Å². The van der Waals surface area contributed by atoms with Crippen molar-refractivity contribution in [3.8, 4) is 0 Å². The predicted octanol–water partition coefficient (Wildman–Crippen LogP) is 2.80. The first-order valence-corrected chi connectivity index (χ1v) is 5.21. The lowest BCUT2D eigenvalue weighted by molar-refractivity contribution is 0.969. The Bertz CT molecular complexity index is 512. The van der Waals surface area contributed by atoms with E-state index in [1.165, 1.54) is 0 Å².